The molecule has 2 aromatic heterocycles. The maximum atomic E-state index is 11.9. The number of Topliss-reactive ketones (excluding diaryl/α,β-unsaturated/α-hetero) is 1. The summed E-state index contributed by atoms with van der Waals surface area (Å²) in [7, 11) is 0. The lowest BCUT2D eigenvalue weighted by molar-refractivity contribution is -0.118. The van der Waals surface area contributed by atoms with Crippen molar-refractivity contribution in [3.8, 4) is 11.1 Å². The minimum absolute atomic E-state index is 0.191. The molecule has 2 heterocycles. The highest BCUT2D eigenvalue weighted by Gasteiger charge is 2.16. The molecule has 0 aliphatic heterocycles. The van der Waals surface area contributed by atoms with Crippen LogP contribution in [0.5, 0.6) is 0 Å². The summed E-state index contributed by atoms with van der Waals surface area (Å²) >= 11 is 0. The predicted octanol–water partition coefficient (Wildman–Crippen LogP) is 4.56. The smallest absolute Gasteiger partial charge is 0.407 e. The Labute approximate surface area is 176 Å². The van der Waals surface area contributed by atoms with Crippen molar-refractivity contribution >= 4 is 22.9 Å². The Morgan fingerprint density at radius 2 is 1.90 bits per heavy atom. The number of hydrogen-bond acceptors (Lipinski definition) is 5. The number of ether oxygens (including phenoxy) is 1. The average molecular weight is 409 g/mol. The number of amides is 1. The summed E-state index contributed by atoms with van der Waals surface area (Å²) in [6, 6.07) is 9.76. The maximum absolute atomic E-state index is 11.9. The molecular weight excluding hydrogens is 380 g/mol. The van der Waals surface area contributed by atoms with Gasteiger partial charge in [-0.2, -0.15) is 0 Å². The highest BCUT2D eigenvalue weighted by atomic mass is 16.6. The number of imidazole rings is 1. The van der Waals surface area contributed by atoms with Crippen LogP contribution in [0.3, 0.4) is 0 Å². The van der Waals surface area contributed by atoms with E-state index < -0.39 is 11.7 Å². The lowest BCUT2D eigenvalue weighted by atomic mass is 10.1. The number of nitrogens with one attached hydrogen (secondary N) is 2. The third-order valence-corrected chi connectivity index (χ3v) is 4.40. The molecule has 0 bridgehead atoms. The number of carbonyl (C=O) groups is 2. The summed E-state index contributed by atoms with van der Waals surface area (Å²) in [5.41, 5.74) is 3.89. The highest BCUT2D eigenvalue weighted by molar-refractivity contribution is 5.84. The summed E-state index contributed by atoms with van der Waals surface area (Å²) < 4.78 is 5.22. The van der Waals surface area contributed by atoms with Crippen molar-refractivity contribution in [2.24, 2.45) is 0 Å². The van der Waals surface area contributed by atoms with Gasteiger partial charge >= 0.3 is 6.09 Å². The van der Waals surface area contributed by atoms with Gasteiger partial charge in [-0.1, -0.05) is 19.1 Å². The molecule has 1 amide bonds. The average Bonchev–Trinajstić information content (AvgIpc) is 3.07. The van der Waals surface area contributed by atoms with Crippen LogP contribution in [0.2, 0.25) is 0 Å². The van der Waals surface area contributed by atoms with E-state index in [2.05, 4.69) is 20.3 Å². The van der Waals surface area contributed by atoms with Gasteiger partial charge in [-0.25, -0.2) is 9.78 Å². The summed E-state index contributed by atoms with van der Waals surface area (Å²) in [4.78, 5) is 35.8. The van der Waals surface area contributed by atoms with Crippen LogP contribution in [0.4, 0.5) is 4.79 Å². The van der Waals surface area contributed by atoms with Gasteiger partial charge in [0.05, 0.1) is 29.7 Å². The number of rotatable bonds is 7. The fraction of sp³-hybridized carbons (Fsp3) is 0.391. The number of aromatic amines is 1. The van der Waals surface area contributed by atoms with E-state index in [0.717, 1.165) is 34.3 Å². The van der Waals surface area contributed by atoms with Gasteiger partial charge in [0, 0.05) is 18.2 Å². The molecule has 3 rings (SSSR count). The van der Waals surface area contributed by atoms with Gasteiger partial charge in [-0.05, 0) is 51.0 Å². The van der Waals surface area contributed by atoms with Crippen molar-refractivity contribution < 1.29 is 14.3 Å². The maximum Gasteiger partial charge on any atom is 0.407 e. The Kier molecular flexibility index (Phi) is 6.50. The fourth-order valence-electron chi connectivity index (χ4n) is 3.06. The van der Waals surface area contributed by atoms with E-state index in [-0.39, 0.29) is 5.78 Å². The van der Waals surface area contributed by atoms with E-state index in [4.69, 9.17) is 4.74 Å². The largest absolute Gasteiger partial charge is 0.444 e. The Balaban J connectivity index is 1.67. The number of ketones is 1. The Morgan fingerprint density at radius 3 is 2.57 bits per heavy atom. The molecular formula is C23H28N4O3. The lowest BCUT2D eigenvalue weighted by Crippen LogP contribution is -2.32. The van der Waals surface area contributed by atoms with Gasteiger partial charge in [0.2, 0.25) is 0 Å². The summed E-state index contributed by atoms with van der Waals surface area (Å²) in [5.74, 6) is 0.888. The predicted molar refractivity (Wildman–Crippen MR) is 116 cm³/mol. The van der Waals surface area contributed by atoms with E-state index >= 15 is 0 Å². The molecule has 0 aliphatic rings. The number of alkyl carbamates (subject to hydrolysis) is 1. The van der Waals surface area contributed by atoms with Crippen molar-refractivity contribution in [1.29, 1.82) is 0 Å². The van der Waals surface area contributed by atoms with Crippen LogP contribution in [0.15, 0.2) is 36.5 Å². The molecule has 0 radical (unpaired) electrons. The molecule has 0 atom stereocenters. The molecule has 0 unspecified atom stereocenters. The van der Waals surface area contributed by atoms with Crippen molar-refractivity contribution in [1.82, 2.24) is 20.3 Å². The van der Waals surface area contributed by atoms with E-state index in [0.29, 0.717) is 25.2 Å². The summed E-state index contributed by atoms with van der Waals surface area (Å²) in [6.07, 6.45) is 3.06. The summed E-state index contributed by atoms with van der Waals surface area (Å²) in [5, 5.41) is 2.70. The monoisotopic (exact) mass is 408 g/mol. The zero-order chi connectivity index (χ0) is 21.7. The minimum atomic E-state index is -0.532. The Hall–Kier alpha value is -3.22. The molecule has 2 N–H and O–H groups in total. The van der Waals surface area contributed by atoms with Crippen molar-refractivity contribution in [2.45, 2.75) is 59.1 Å². The Bertz CT molecular complexity index is 1030. The molecule has 0 saturated heterocycles. The second-order valence-corrected chi connectivity index (χ2v) is 8.27. The first-order chi connectivity index (χ1) is 14.2. The van der Waals surface area contributed by atoms with Crippen LogP contribution in [-0.4, -0.2) is 32.4 Å². The second kappa shape index (κ2) is 9.07. The van der Waals surface area contributed by atoms with Gasteiger partial charge in [0.15, 0.2) is 0 Å². The minimum Gasteiger partial charge on any atom is -0.444 e. The van der Waals surface area contributed by atoms with Gasteiger partial charge < -0.3 is 15.0 Å². The van der Waals surface area contributed by atoms with Crippen molar-refractivity contribution in [2.75, 3.05) is 0 Å². The van der Waals surface area contributed by atoms with Gasteiger partial charge in [-0.3, -0.25) is 9.78 Å². The SMILES string of the molecule is CCCC(=O)Cc1nc2ccc(-c3ccc(CNC(=O)OC(C)(C)C)nc3)cc2[nH]1. The molecule has 0 spiro atoms. The van der Waals surface area contributed by atoms with Gasteiger partial charge in [0.25, 0.3) is 0 Å². The number of aromatic nitrogens is 3. The third-order valence-electron chi connectivity index (χ3n) is 4.40. The number of carbonyl (C=O) groups excluding carboxylic acids is 2. The highest BCUT2D eigenvalue weighted by Crippen LogP contribution is 2.23. The van der Waals surface area contributed by atoms with Crippen molar-refractivity contribution in [3.05, 3.63) is 48.0 Å². The standard InChI is InChI=1S/C23H28N4O3/c1-5-6-18(28)12-21-26-19-10-8-15(11-20(19)27-21)16-7-9-17(24-13-16)14-25-22(29)30-23(2,3)4/h7-11,13H,5-6,12,14H2,1-4H3,(H,25,29)(H,26,27). The number of H-pyrrole nitrogens is 1. The number of nitrogens with zero attached hydrogens (tertiary/aromatic N) is 2. The molecule has 7 heteroatoms. The van der Waals surface area contributed by atoms with Crippen molar-refractivity contribution in [3.63, 3.8) is 0 Å². The van der Waals surface area contributed by atoms with Crippen LogP contribution in [0.25, 0.3) is 22.2 Å². The zero-order valence-electron chi connectivity index (χ0n) is 17.9. The molecule has 158 valence electrons. The molecule has 0 aliphatic carbocycles. The van der Waals surface area contributed by atoms with E-state index in [9.17, 15) is 9.59 Å². The third kappa shape index (κ3) is 5.89. The van der Waals surface area contributed by atoms with Crippen LogP contribution in [0.1, 0.15) is 52.1 Å². The van der Waals surface area contributed by atoms with Gasteiger partial charge in [-0.15, -0.1) is 0 Å². The van der Waals surface area contributed by atoms with E-state index in [1.807, 2.05) is 58.0 Å². The number of fused-ring (bicyclic) bond motifs is 1. The van der Waals surface area contributed by atoms with Gasteiger partial charge in [0.1, 0.15) is 17.2 Å². The zero-order valence-corrected chi connectivity index (χ0v) is 17.9. The number of hydrogen-bond donors (Lipinski definition) is 2. The number of pyridine rings is 1. The molecule has 0 fully saturated rings. The van der Waals surface area contributed by atoms with E-state index in [1.54, 1.807) is 6.20 Å². The molecule has 30 heavy (non-hydrogen) atoms. The van der Waals surface area contributed by atoms with Crippen LogP contribution in [-0.2, 0) is 22.5 Å². The molecule has 0 saturated carbocycles. The first-order valence-electron chi connectivity index (χ1n) is 10.2. The molecule has 3 aromatic rings. The second-order valence-electron chi connectivity index (χ2n) is 8.27. The van der Waals surface area contributed by atoms with Crippen LogP contribution in [0, 0.1) is 0 Å². The molecule has 1 aromatic carbocycles. The topological polar surface area (TPSA) is 97.0 Å². The quantitative estimate of drug-likeness (QED) is 0.597. The van der Waals surface area contributed by atoms with Crippen LogP contribution < -0.4 is 5.32 Å². The normalized spacial score (nSPS) is 11.5. The molecule has 7 nitrogen and oxygen atoms in total. The van der Waals surface area contributed by atoms with E-state index in [1.165, 1.54) is 0 Å². The number of benzene rings is 1. The fourth-order valence-corrected chi connectivity index (χ4v) is 3.06. The first kappa shape index (κ1) is 21.5. The Morgan fingerprint density at radius 1 is 1.13 bits per heavy atom. The van der Waals surface area contributed by atoms with Crippen LogP contribution >= 0.6 is 0 Å². The summed E-state index contributed by atoms with van der Waals surface area (Å²) in [6.45, 7) is 7.76. The first-order valence-corrected chi connectivity index (χ1v) is 10.2. The lowest BCUT2D eigenvalue weighted by Gasteiger charge is -2.19.